The maximum absolute atomic E-state index is 11.4. The van der Waals surface area contributed by atoms with Crippen molar-refractivity contribution in [3.05, 3.63) is 0 Å². The first-order valence-corrected chi connectivity index (χ1v) is 5.85. The van der Waals surface area contributed by atoms with Crippen LogP contribution in [0.2, 0.25) is 0 Å². The standard InChI is InChI=1S/C12H23NO3/c1-11(2,3)16-10(14)8-13-9-12(15-4)6-5-7-12/h13H,5-9H2,1-4H3. The van der Waals surface area contributed by atoms with E-state index in [1.165, 1.54) is 6.42 Å². The monoisotopic (exact) mass is 229 g/mol. The SMILES string of the molecule is COC1(CNCC(=O)OC(C)(C)C)CCC1. The van der Waals surface area contributed by atoms with Gasteiger partial charge in [0, 0.05) is 13.7 Å². The lowest BCUT2D eigenvalue weighted by molar-refractivity contribution is -0.154. The number of nitrogens with one attached hydrogen (secondary N) is 1. The van der Waals surface area contributed by atoms with E-state index in [9.17, 15) is 4.79 Å². The van der Waals surface area contributed by atoms with Crippen LogP contribution in [0, 0.1) is 0 Å². The molecule has 0 radical (unpaired) electrons. The average Bonchev–Trinajstić information content (AvgIpc) is 2.06. The molecule has 0 bridgehead atoms. The highest BCUT2D eigenvalue weighted by Crippen LogP contribution is 2.34. The second-order valence-corrected chi connectivity index (χ2v) is 5.43. The lowest BCUT2D eigenvalue weighted by Gasteiger charge is -2.40. The smallest absolute Gasteiger partial charge is 0.320 e. The summed E-state index contributed by atoms with van der Waals surface area (Å²) in [4.78, 5) is 11.4. The Balaban J connectivity index is 2.18. The van der Waals surface area contributed by atoms with Crippen molar-refractivity contribution < 1.29 is 14.3 Å². The van der Waals surface area contributed by atoms with Gasteiger partial charge < -0.3 is 14.8 Å². The Morgan fingerprint density at radius 2 is 2.00 bits per heavy atom. The molecule has 1 aliphatic rings. The molecule has 94 valence electrons. The van der Waals surface area contributed by atoms with Crippen molar-refractivity contribution in [1.29, 1.82) is 0 Å². The van der Waals surface area contributed by atoms with Crippen LogP contribution in [-0.2, 0) is 14.3 Å². The van der Waals surface area contributed by atoms with E-state index < -0.39 is 5.60 Å². The van der Waals surface area contributed by atoms with Crippen molar-refractivity contribution in [1.82, 2.24) is 5.32 Å². The van der Waals surface area contributed by atoms with Crippen molar-refractivity contribution in [3.63, 3.8) is 0 Å². The zero-order valence-corrected chi connectivity index (χ0v) is 10.8. The molecule has 0 amide bonds. The number of esters is 1. The van der Waals surface area contributed by atoms with Crippen molar-refractivity contribution in [2.24, 2.45) is 0 Å². The quantitative estimate of drug-likeness (QED) is 0.726. The number of methoxy groups -OCH3 is 1. The predicted octanol–water partition coefficient (Wildman–Crippen LogP) is 1.49. The number of hydrogen-bond donors (Lipinski definition) is 1. The molecule has 1 saturated carbocycles. The van der Waals surface area contributed by atoms with Crippen LogP contribution in [0.1, 0.15) is 40.0 Å². The number of carbonyl (C=O) groups is 1. The van der Waals surface area contributed by atoms with Gasteiger partial charge in [-0.05, 0) is 40.0 Å². The molecule has 4 nitrogen and oxygen atoms in total. The normalized spacial score (nSPS) is 19.0. The summed E-state index contributed by atoms with van der Waals surface area (Å²) < 4.78 is 10.6. The number of carbonyl (C=O) groups excluding carboxylic acids is 1. The number of ether oxygens (including phenoxy) is 2. The molecule has 4 heteroatoms. The average molecular weight is 229 g/mol. The molecule has 0 heterocycles. The van der Waals surface area contributed by atoms with Gasteiger partial charge in [0.15, 0.2) is 0 Å². The summed E-state index contributed by atoms with van der Waals surface area (Å²) in [5, 5.41) is 3.10. The molecule has 0 spiro atoms. The van der Waals surface area contributed by atoms with Gasteiger partial charge in [-0.25, -0.2) is 0 Å². The summed E-state index contributed by atoms with van der Waals surface area (Å²) >= 11 is 0. The molecule has 16 heavy (non-hydrogen) atoms. The molecule has 0 aromatic carbocycles. The molecule has 1 fully saturated rings. The minimum absolute atomic E-state index is 0.0397. The maximum atomic E-state index is 11.4. The van der Waals surface area contributed by atoms with Crippen molar-refractivity contribution >= 4 is 5.97 Å². The fourth-order valence-corrected chi connectivity index (χ4v) is 1.79. The second-order valence-electron chi connectivity index (χ2n) is 5.43. The van der Waals surface area contributed by atoms with E-state index in [4.69, 9.17) is 9.47 Å². The van der Waals surface area contributed by atoms with E-state index in [-0.39, 0.29) is 18.1 Å². The van der Waals surface area contributed by atoms with E-state index >= 15 is 0 Å². The highest BCUT2D eigenvalue weighted by molar-refractivity contribution is 5.72. The zero-order chi connectivity index (χ0) is 12.2. The van der Waals surface area contributed by atoms with E-state index in [2.05, 4.69) is 5.32 Å². The Labute approximate surface area is 97.7 Å². The van der Waals surface area contributed by atoms with E-state index in [0.717, 1.165) is 19.4 Å². The summed E-state index contributed by atoms with van der Waals surface area (Å²) in [5.74, 6) is -0.210. The lowest BCUT2D eigenvalue weighted by Crippen LogP contribution is -2.49. The van der Waals surface area contributed by atoms with E-state index in [0.29, 0.717) is 0 Å². The van der Waals surface area contributed by atoms with Gasteiger partial charge in [0.25, 0.3) is 0 Å². The molecule has 1 N–H and O–H groups in total. The predicted molar refractivity (Wildman–Crippen MR) is 62.3 cm³/mol. The van der Waals surface area contributed by atoms with Gasteiger partial charge in [-0.2, -0.15) is 0 Å². The molecular formula is C12H23NO3. The third-order valence-corrected chi connectivity index (χ3v) is 2.83. The second kappa shape index (κ2) is 5.15. The Morgan fingerprint density at radius 3 is 2.38 bits per heavy atom. The van der Waals surface area contributed by atoms with Crippen LogP contribution in [0.4, 0.5) is 0 Å². The largest absolute Gasteiger partial charge is 0.459 e. The van der Waals surface area contributed by atoms with Crippen LogP contribution in [-0.4, -0.2) is 37.4 Å². The van der Waals surface area contributed by atoms with Crippen molar-refractivity contribution in [3.8, 4) is 0 Å². The fraction of sp³-hybridized carbons (Fsp3) is 0.917. The molecule has 0 aromatic rings. The number of hydrogen-bond acceptors (Lipinski definition) is 4. The van der Waals surface area contributed by atoms with Crippen LogP contribution >= 0.6 is 0 Å². The molecule has 1 rings (SSSR count). The molecule has 1 aliphatic carbocycles. The summed E-state index contributed by atoms with van der Waals surface area (Å²) in [6, 6.07) is 0. The topological polar surface area (TPSA) is 47.6 Å². The number of rotatable bonds is 5. The first-order chi connectivity index (χ1) is 7.37. The highest BCUT2D eigenvalue weighted by Gasteiger charge is 2.36. The third kappa shape index (κ3) is 4.10. The van der Waals surface area contributed by atoms with Crippen LogP contribution in [0.25, 0.3) is 0 Å². The van der Waals surface area contributed by atoms with Gasteiger partial charge in [-0.1, -0.05) is 0 Å². The van der Waals surface area contributed by atoms with Crippen LogP contribution in [0.15, 0.2) is 0 Å². The lowest BCUT2D eigenvalue weighted by atomic mass is 9.80. The Morgan fingerprint density at radius 1 is 1.38 bits per heavy atom. The van der Waals surface area contributed by atoms with E-state index in [1.807, 2.05) is 20.8 Å². The minimum Gasteiger partial charge on any atom is -0.459 e. The molecular weight excluding hydrogens is 206 g/mol. The first kappa shape index (κ1) is 13.5. The van der Waals surface area contributed by atoms with Crippen molar-refractivity contribution in [2.45, 2.75) is 51.2 Å². The minimum atomic E-state index is -0.409. The summed E-state index contributed by atoms with van der Waals surface area (Å²) in [6.45, 7) is 6.58. The van der Waals surface area contributed by atoms with Gasteiger partial charge in [-0.15, -0.1) is 0 Å². The van der Waals surface area contributed by atoms with Gasteiger partial charge in [-0.3, -0.25) is 4.79 Å². The molecule has 0 unspecified atom stereocenters. The van der Waals surface area contributed by atoms with Gasteiger partial charge in [0.05, 0.1) is 12.1 Å². The summed E-state index contributed by atoms with van der Waals surface area (Å²) in [7, 11) is 1.73. The van der Waals surface area contributed by atoms with Gasteiger partial charge in [0.2, 0.25) is 0 Å². The summed E-state index contributed by atoms with van der Waals surface area (Å²) in [5.41, 5.74) is -0.448. The van der Waals surface area contributed by atoms with Crippen LogP contribution in [0.3, 0.4) is 0 Å². The third-order valence-electron chi connectivity index (χ3n) is 2.83. The Hall–Kier alpha value is -0.610. The molecule has 0 aromatic heterocycles. The molecule has 0 aliphatic heterocycles. The molecule has 0 atom stereocenters. The first-order valence-electron chi connectivity index (χ1n) is 5.85. The summed E-state index contributed by atoms with van der Waals surface area (Å²) in [6.07, 6.45) is 3.36. The maximum Gasteiger partial charge on any atom is 0.320 e. The van der Waals surface area contributed by atoms with Gasteiger partial charge >= 0.3 is 5.97 Å². The van der Waals surface area contributed by atoms with Crippen LogP contribution in [0.5, 0.6) is 0 Å². The molecule has 0 saturated heterocycles. The van der Waals surface area contributed by atoms with Crippen LogP contribution < -0.4 is 5.32 Å². The van der Waals surface area contributed by atoms with Crippen molar-refractivity contribution in [2.75, 3.05) is 20.2 Å². The highest BCUT2D eigenvalue weighted by atomic mass is 16.6. The zero-order valence-electron chi connectivity index (χ0n) is 10.8. The Bertz CT molecular complexity index is 236. The fourth-order valence-electron chi connectivity index (χ4n) is 1.79. The Kier molecular flexibility index (Phi) is 4.33. The van der Waals surface area contributed by atoms with E-state index in [1.54, 1.807) is 7.11 Å². The van der Waals surface area contributed by atoms with Gasteiger partial charge in [0.1, 0.15) is 5.60 Å².